The van der Waals surface area contributed by atoms with Crippen LogP contribution in [0.3, 0.4) is 0 Å². The van der Waals surface area contributed by atoms with Crippen LogP contribution in [-0.2, 0) is 9.05 Å². The number of halogens is 4. The van der Waals surface area contributed by atoms with Crippen LogP contribution in [0.25, 0.3) is 0 Å². The Kier molecular flexibility index (Phi) is 3.51. The maximum absolute atomic E-state index is 12.3. The fraction of sp³-hybridized carbons (Fsp3) is 0.167. The minimum Gasteiger partial charge on any atom is -0.505 e. The molecule has 0 bridgehead atoms. The number of pyridine rings is 1. The average molecular weight is 323 g/mol. The third-order valence-corrected chi connectivity index (χ3v) is 3.19. The van der Waals surface area contributed by atoms with Crippen LogP contribution in [0, 0.1) is 0 Å². The SMILES string of the molecule is O=S(=O)(Cl)c1cc(Br)c(O)c(C(F)F)n1. The molecule has 0 fully saturated rings. The zero-order valence-corrected chi connectivity index (χ0v) is 9.94. The number of rotatable bonds is 2. The van der Waals surface area contributed by atoms with Gasteiger partial charge in [-0.15, -0.1) is 0 Å². The first kappa shape index (κ1) is 12.6. The predicted molar refractivity (Wildman–Crippen MR) is 51.6 cm³/mol. The van der Waals surface area contributed by atoms with E-state index in [9.17, 15) is 17.2 Å². The molecule has 1 aromatic rings. The van der Waals surface area contributed by atoms with Crippen LogP contribution < -0.4 is 0 Å². The molecule has 0 spiro atoms. The largest absolute Gasteiger partial charge is 0.505 e. The van der Waals surface area contributed by atoms with E-state index in [1.807, 2.05) is 0 Å². The first-order valence-electron chi connectivity index (χ1n) is 3.35. The highest BCUT2D eigenvalue weighted by Crippen LogP contribution is 2.34. The van der Waals surface area contributed by atoms with E-state index in [-0.39, 0.29) is 4.47 Å². The topological polar surface area (TPSA) is 67.3 Å². The Labute approximate surface area is 96.4 Å². The second kappa shape index (κ2) is 4.18. The van der Waals surface area contributed by atoms with Gasteiger partial charge < -0.3 is 5.11 Å². The van der Waals surface area contributed by atoms with E-state index in [2.05, 4.69) is 20.9 Å². The molecule has 4 nitrogen and oxygen atoms in total. The Bertz CT molecular complexity index is 493. The summed E-state index contributed by atoms with van der Waals surface area (Å²) in [6.45, 7) is 0. The maximum atomic E-state index is 12.3. The molecule has 9 heteroatoms. The van der Waals surface area contributed by atoms with E-state index in [4.69, 9.17) is 15.8 Å². The van der Waals surface area contributed by atoms with Crippen LogP contribution in [0.1, 0.15) is 12.1 Å². The van der Waals surface area contributed by atoms with Crippen LogP contribution >= 0.6 is 26.6 Å². The third kappa shape index (κ3) is 2.76. The summed E-state index contributed by atoms with van der Waals surface area (Å²) in [5.41, 5.74) is -1.04. The molecule has 0 atom stereocenters. The number of nitrogens with zero attached hydrogens (tertiary/aromatic N) is 1. The van der Waals surface area contributed by atoms with E-state index in [0.717, 1.165) is 6.07 Å². The molecule has 1 aromatic heterocycles. The van der Waals surface area contributed by atoms with Crippen molar-refractivity contribution in [3.05, 3.63) is 16.2 Å². The molecule has 0 amide bonds. The summed E-state index contributed by atoms with van der Waals surface area (Å²) in [6.07, 6.45) is -3.10. The second-order valence-corrected chi connectivity index (χ2v) is 5.78. The van der Waals surface area contributed by atoms with Crippen LogP contribution in [0.2, 0.25) is 0 Å². The lowest BCUT2D eigenvalue weighted by atomic mass is 10.3. The maximum Gasteiger partial charge on any atom is 0.284 e. The van der Waals surface area contributed by atoms with Crippen LogP contribution in [0.5, 0.6) is 5.75 Å². The van der Waals surface area contributed by atoms with E-state index in [1.54, 1.807) is 0 Å². The molecule has 0 saturated carbocycles. The second-order valence-electron chi connectivity index (χ2n) is 2.41. The van der Waals surface area contributed by atoms with Crippen molar-refractivity contribution in [3.63, 3.8) is 0 Å². The smallest absolute Gasteiger partial charge is 0.284 e. The predicted octanol–water partition coefficient (Wildman–Crippen LogP) is 2.41. The van der Waals surface area contributed by atoms with Gasteiger partial charge in [0.1, 0.15) is 0 Å². The van der Waals surface area contributed by atoms with Gasteiger partial charge in [-0.2, -0.15) is 0 Å². The molecule has 0 saturated heterocycles. The van der Waals surface area contributed by atoms with Gasteiger partial charge in [-0.3, -0.25) is 0 Å². The molecule has 84 valence electrons. The molecule has 15 heavy (non-hydrogen) atoms. The summed E-state index contributed by atoms with van der Waals surface area (Å²) in [5, 5.41) is 8.38. The van der Waals surface area contributed by atoms with Crippen molar-refractivity contribution in [2.75, 3.05) is 0 Å². The minimum atomic E-state index is -4.21. The molecule has 1 heterocycles. The lowest BCUT2D eigenvalue weighted by Gasteiger charge is -2.05. The molecule has 1 rings (SSSR count). The van der Waals surface area contributed by atoms with Crippen LogP contribution in [0.4, 0.5) is 8.78 Å². The summed E-state index contributed by atoms with van der Waals surface area (Å²) >= 11 is 2.71. The van der Waals surface area contributed by atoms with Crippen molar-refractivity contribution in [2.45, 2.75) is 11.5 Å². The van der Waals surface area contributed by atoms with E-state index >= 15 is 0 Å². The van der Waals surface area contributed by atoms with Crippen molar-refractivity contribution in [1.29, 1.82) is 0 Å². The molecule has 0 unspecified atom stereocenters. The van der Waals surface area contributed by atoms with Gasteiger partial charge in [-0.1, -0.05) is 0 Å². The summed E-state index contributed by atoms with van der Waals surface area (Å²) < 4.78 is 46.0. The van der Waals surface area contributed by atoms with Gasteiger partial charge in [0.15, 0.2) is 16.5 Å². The Morgan fingerprint density at radius 1 is 1.53 bits per heavy atom. The first-order valence-corrected chi connectivity index (χ1v) is 6.46. The van der Waals surface area contributed by atoms with Crippen molar-refractivity contribution >= 4 is 35.7 Å². The van der Waals surface area contributed by atoms with Gasteiger partial charge >= 0.3 is 0 Å². The Balaban J connectivity index is 3.50. The Hall–Kier alpha value is -0.470. The van der Waals surface area contributed by atoms with Gasteiger partial charge in [-0.05, 0) is 22.0 Å². The normalized spacial score (nSPS) is 12.1. The molecular weight excluding hydrogens is 319 g/mol. The van der Waals surface area contributed by atoms with Gasteiger partial charge in [0.2, 0.25) is 0 Å². The quantitative estimate of drug-likeness (QED) is 0.849. The molecule has 0 aliphatic heterocycles. The number of hydrogen-bond donors (Lipinski definition) is 1. The molecular formula is C6H3BrClF2NO3S. The zero-order chi connectivity index (χ0) is 11.8. The highest BCUT2D eigenvalue weighted by molar-refractivity contribution is 9.10. The number of alkyl halides is 2. The summed E-state index contributed by atoms with van der Waals surface area (Å²) in [5.74, 6) is -0.811. The summed E-state index contributed by atoms with van der Waals surface area (Å²) in [4.78, 5) is 3.05. The monoisotopic (exact) mass is 321 g/mol. The lowest BCUT2D eigenvalue weighted by Crippen LogP contribution is -2.00. The van der Waals surface area contributed by atoms with Gasteiger partial charge in [0.25, 0.3) is 15.5 Å². The molecule has 0 aliphatic rings. The average Bonchev–Trinajstić information content (AvgIpc) is 2.06. The van der Waals surface area contributed by atoms with Crippen LogP contribution in [0.15, 0.2) is 15.6 Å². The summed E-state index contributed by atoms with van der Waals surface area (Å²) in [6, 6.07) is 0.837. The van der Waals surface area contributed by atoms with Crippen molar-refractivity contribution < 1.29 is 22.3 Å². The number of aromatic nitrogens is 1. The molecule has 0 radical (unpaired) electrons. The first-order chi connectivity index (χ1) is 6.73. The van der Waals surface area contributed by atoms with Gasteiger partial charge in [-0.25, -0.2) is 22.2 Å². The van der Waals surface area contributed by atoms with E-state index in [1.165, 1.54) is 0 Å². The Morgan fingerprint density at radius 3 is 2.47 bits per heavy atom. The standard InChI is InChI=1S/C6H3BrClF2NO3S/c7-2-1-3(15(8,13)14)11-4(5(2)12)6(9)10/h1,6,12H. The third-order valence-electron chi connectivity index (χ3n) is 1.41. The fourth-order valence-corrected chi connectivity index (χ4v) is 2.05. The van der Waals surface area contributed by atoms with Crippen LogP contribution in [-0.4, -0.2) is 18.5 Å². The lowest BCUT2D eigenvalue weighted by molar-refractivity contribution is 0.141. The summed E-state index contributed by atoms with van der Waals surface area (Å²) in [7, 11) is 0.710. The van der Waals surface area contributed by atoms with E-state index in [0.29, 0.717) is 0 Å². The number of aromatic hydroxyl groups is 1. The van der Waals surface area contributed by atoms with Crippen molar-refractivity contribution in [3.8, 4) is 5.75 Å². The highest BCUT2D eigenvalue weighted by atomic mass is 79.9. The highest BCUT2D eigenvalue weighted by Gasteiger charge is 2.22. The molecule has 0 aromatic carbocycles. The zero-order valence-electron chi connectivity index (χ0n) is 6.79. The number of hydrogen-bond acceptors (Lipinski definition) is 4. The minimum absolute atomic E-state index is 0.216. The molecule has 1 N–H and O–H groups in total. The fourth-order valence-electron chi connectivity index (χ4n) is 0.780. The Morgan fingerprint density at radius 2 is 2.07 bits per heavy atom. The van der Waals surface area contributed by atoms with E-state index < -0.39 is 31.9 Å². The van der Waals surface area contributed by atoms with Crippen molar-refractivity contribution in [2.24, 2.45) is 0 Å². The van der Waals surface area contributed by atoms with Crippen molar-refractivity contribution in [1.82, 2.24) is 4.98 Å². The van der Waals surface area contributed by atoms with Gasteiger partial charge in [0, 0.05) is 10.7 Å². The molecule has 0 aliphatic carbocycles. The van der Waals surface area contributed by atoms with Gasteiger partial charge in [0.05, 0.1) is 4.47 Å².